The fraction of sp³-hybridized carbons (Fsp3) is 0.549. The molecule has 352 valence electrons. The number of amides is 3. The molecule has 4 N–H and O–H groups in total. The highest BCUT2D eigenvalue weighted by atomic mass is 28.2. The number of nitrogens with zero attached hydrogens (tertiary/aromatic N) is 4. The van der Waals surface area contributed by atoms with Crippen LogP contribution in [0.2, 0.25) is 5.54 Å². The molecule has 14 nitrogen and oxygen atoms in total. The summed E-state index contributed by atoms with van der Waals surface area (Å²) in [4.78, 5) is 66.5. The van der Waals surface area contributed by atoms with Crippen molar-refractivity contribution in [1.82, 2.24) is 35.2 Å². The van der Waals surface area contributed by atoms with Gasteiger partial charge in [0.1, 0.15) is 17.8 Å². The largest absolute Gasteiger partial charge is 0.508 e. The number of fused-ring (bicyclic) bond motifs is 6. The van der Waals surface area contributed by atoms with Crippen LogP contribution in [-0.2, 0) is 48.0 Å². The Balaban J connectivity index is 1.17. The molecule has 4 aliphatic rings. The zero-order valence-corrected chi connectivity index (χ0v) is 40.8. The van der Waals surface area contributed by atoms with E-state index in [0.717, 1.165) is 76.8 Å². The van der Waals surface area contributed by atoms with E-state index >= 15 is 0 Å². The number of hydrazine groups is 1. The number of carbonyl (C=O) groups excluding carboxylic acids is 4. The van der Waals surface area contributed by atoms with Crippen molar-refractivity contribution in [2.24, 2.45) is 17.3 Å². The summed E-state index contributed by atoms with van der Waals surface area (Å²) in [6.07, 6.45) is 7.12. The minimum absolute atomic E-state index is 0.0226. The lowest BCUT2D eigenvalue weighted by Crippen LogP contribution is -2.59. The molecule has 2 radical (unpaired) electrons. The van der Waals surface area contributed by atoms with E-state index in [2.05, 4.69) is 65.3 Å². The first-order chi connectivity index (χ1) is 31.5. The third-order valence-electron chi connectivity index (χ3n) is 14.5. The van der Waals surface area contributed by atoms with E-state index < -0.39 is 29.0 Å². The molecule has 1 saturated carbocycles. The van der Waals surface area contributed by atoms with Gasteiger partial charge in [-0.15, -0.1) is 0 Å². The molecule has 3 amide bonds. The summed E-state index contributed by atoms with van der Waals surface area (Å²) < 4.78 is 14.3. The van der Waals surface area contributed by atoms with Crippen LogP contribution in [0.3, 0.4) is 0 Å². The highest BCUT2D eigenvalue weighted by Crippen LogP contribution is 2.45. The third kappa shape index (κ3) is 9.28. The van der Waals surface area contributed by atoms with Gasteiger partial charge in [0, 0.05) is 60.9 Å². The van der Waals surface area contributed by atoms with Crippen molar-refractivity contribution in [3.8, 4) is 28.1 Å². The third-order valence-corrected chi connectivity index (χ3v) is 15.7. The van der Waals surface area contributed by atoms with E-state index in [9.17, 15) is 24.3 Å². The lowest BCUT2D eigenvalue weighted by molar-refractivity contribution is -0.154. The number of esters is 1. The second-order valence-electron chi connectivity index (χ2n) is 20.1. The number of aryl methyl sites for hydroxylation is 1. The van der Waals surface area contributed by atoms with Crippen LogP contribution in [0.15, 0.2) is 54.7 Å². The Hall–Kier alpha value is -5.09. The summed E-state index contributed by atoms with van der Waals surface area (Å²) in [5, 5.41) is 17.5. The number of pyridine rings is 1. The van der Waals surface area contributed by atoms with E-state index in [4.69, 9.17) is 14.5 Å². The second kappa shape index (κ2) is 19.3. The Morgan fingerprint density at radius 2 is 1.86 bits per heavy atom. The van der Waals surface area contributed by atoms with Crippen molar-refractivity contribution >= 4 is 44.3 Å². The molecule has 8 rings (SSSR count). The number of rotatable bonds is 10. The summed E-state index contributed by atoms with van der Waals surface area (Å²) >= 11 is 0. The van der Waals surface area contributed by atoms with Gasteiger partial charge in [-0.1, -0.05) is 39.8 Å². The average Bonchev–Trinajstić information content (AvgIpc) is 3.88. The second-order valence-corrected chi connectivity index (χ2v) is 21.3. The first kappa shape index (κ1) is 47.4. The summed E-state index contributed by atoms with van der Waals surface area (Å²) in [5.41, 5.74) is 9.10. The minimum atomic E-state index is -0.756. The first-order valence-electron chi connectivity index (χ1n) is 23.8. The van der Waals surface area contributed by atoms with Crippen molar-refractivity contribution < 1.29 is 33.8 Å². The number of hydrogen-bond donors (Lipinski definition) is 4. The number of phenolic OH excluding ortho intramolecular Hbond substituents is 1. The normalized spacial score (nSPS) is 22.7. The predicted octanol–water partition coefficient (Wildman–Crippen LogP) is 6.51. The fourth-order valence-electron chi connectivity index (χ4n) is 10.9. The van der Waals surface area contributed by atoms with Crippen molar-refractivity contribution in [2.45, 2.75) is 129 Å². The quantitative estimate of drug-likeness (QED) is 0.102. The van der Waals surface area contributed by atoms with Gasteiger partial charge >= 0.3 is 5.97 Å². The molecule has 15 heteroatoms. The number of methoxy groups -OCH3 is 1. The van der Waals surface area contributed by atoms with Crippen LogP contribution in [0.4, 0.5) is 0 Å². The Kier molecular flexibility index (Phi) is 13.8. The summed E-state index contributed by atoms with van der Waals surface area (Å²) in [7, 11) is 3.05. The van der Waals surface area contributed by atoms with E-state index in [-0.39, 0.29) is 69.7 Å². The monoisotopic (exact) mass is 917 g/mol. The van der Waals surface area contributed by atoms with Gasteiger partial charge in [0.25, 0.3) is 0 Å². The lowest BCUT2D eigenvalue weighted by atomic mass is 9.69. The van der Waals surface area contributed by atoms with Crippen LogP contribution >= 0.6 is 0 Å². The highest BCUT2D eigenvalue weighted by Gasteiger charge is 2.52. The molecule has 1 aliphatic carbocycles. The van der Waals surface area contributed by atoms with E-state index in [1.54, 1.807) is 37.4 Å². The number of phenols is 1. The molecule has 3 fully saturated rings. The van der Waals surface area contributed by atoms with Crippen molar-refractivity contribution in [3.63, 3.8) is 0 Å². The summed E-state index contributed by atoms with van der Waals surface area (Å²) in [6, 6.07) is 14.3. The molecule has 66 heavy (non-hydrogen) atoms. The van der Waals surface area contributed by atoms with Crippen molar-refractivity contribution in [2.75, 3.05) is 33.9 Å². The molecule has 5 atom stereocenters. The molecular formula is C51H67N7O7Si. The molecular weight excluding hydrogens is 851 g/mol. The number of nitrogens with one attached hydrogen (secondary N) is 3. The topological polar surface area (TPSA) is 167 Å². The number of cyclic esters (lactones) is 1. The minimum Gasteiger partial charge on any atom is -0.508 e. The standard InChI is InChI=1S/C51H67N7O7Si/c1-9-57-41-16-15-33-27-37(41)38(45(57)36-13-10-20-52-43(36)31(4)64-8)28-50(5,6)29-65-49(63)40-14-11-22-58(54-40)48(62)42(25-32-23-34(33)26-35(59)24-32)66-55-46(60)44(30(2)3)56(7)47(61)39-17-21-53-51(39)18-12-19-51/h10,13,15-16,20,23-24,26-27,30-31,39-40,42,44,53-54,59H,9,11-12,14,17-19,21-22,25,28-29H2,1-8H3,(H,55,60)/t31-,39?,40-,42-,44-/m0/s1. The van der Waals surface area contributed by atoms with Crippen LogP contribution in [0.5, 0.6) is 5.75 Å². The Labute approximate surface area is 391 Å². The van der Waals surface area contributed by atoms with Gasteiger partial charge in [-0.2, -0.15) is 0 Å². The number of benzene rings is 2. The fourth-order valence-corrected chi connectivity index (χ4v) is 12.0. The summed E-state index contributed by atoms with van der Waals surface area (Å²) in [6.45, 7) is 14.2. The number of hydrogen-bond acceptors (Lipinski definition) is 10. The smallest absolute Gasteiger partial charge is 0.324 e. The Morgan fingerprint density at radius 1 is 1.08 bits per heavy atom. The Morgan fingerprint density at radius 3 is 2.58 bits per heavy atom. The van der Waals surface area contributed by atoms with Gasteiger partial charge < -0.3 is 34.3 Å². The van der Waals surface area contributed by atoms with Gasteiger partial charge in [-0.25, -0.2) is 5.43 Å². The van der Waals surface area contributed by atoms with E-state index in [1.165, 1.54) is 5.01 Å². The zero-order chi connectivity index (χ0) is 47.1. The predicted molar refractivity (Wildman–Crippen MR) is 255 cm³/mol. The number of aromatic hydroxyl groups is 1. The maximum absolute atomic E-state index is 14.7. The maximum Gasteiger partial charge on any atom is 0.324 e. The number of ether oxygens (including phenoxy) is 2. The molecule has 3 aliphatic heterocycles. The van der Waals surface area contributed by atoms with Gasteiger partial charge in [-0.05, 0) is 136 Å². The molecule has 5 heterocycles. The number of aromatic nitrogens is 2. The SMILES string of the molecule is CCn1c(-c2cccnc2[C@H](C)OC)c2c3cc(ccc31)-c1cc(O)cc(c1)C[C@H]([Si]NC(=O)[C@H](C(C)C)N(C)C(=O)C1CCNC13CCC3)C(=O)N1CCC[C@H](N1)C(=O)OCC(C)(C)C2. The molecule has 1 unspecified atom stereocenters. The molecule has 2 aromatic heterocycles. The summed E-state index contributed by atoms with van der Waals surface area (Å²) in [5.74, 6) is -1.34. The zero-order valence-electron chi connectivity index (χ0n) is 39.8. The van der Waals surface area contributed by atoms with E-state index in [0.29, 0.717) is 37.9 Å². The van der Waals surface area contributed by atoms with Crippen molar-refractivity contribution in [3.05, 3.63) is 71.5 Å². The van der Waals surface area contributed by atoms with Crippen LogP contribution in [-0.4, -0.2) is 109 Å². The molecule has 4 aromatic rings. The van der Waals surface area contributed by atoms with Gasteiger partial charge in [0.05, 0.1) is 35.6 Å². The maximum atomic E-state index is 14.7. The van der Waals surface area contributed by atoms with Crippen LogP contribution < -0.4 is 15.7 Å². The number of carbonyl (C=O) groups is 4. The van der Waals surface area contributed by atoms with Gasteiger partial charge in [0.15, 0.2) is 9.68 Å². The molecule has 6 bridgehead atoms. The van der Waals surface area contributed by atoms with Crippen molar-refractivity contribution in [1.29, 1.82) is 0 Å². The highest BCUT2D eigenvalue weighted by molar-refractivity contribution is 6.45. The molecule has 1 spiro atoms. The van der Waals surface area contributed by atoms with Gasteiger partial charge in [-0.3, -0.25) is 29.2 Å². The van der Waals surface area contributed by atoms with Gasteiger partial charge in [0.2, 0.25) is 17.7 Å². The van der Waals surface area contributed by atoms with Crippen LogP contribution in [0.1, 0.15) is 103 Å². The van der Waals surface area contributed by atoms with Crippen LogP contribution in [0, 0.1) is 17.3 Å². The van der Waals surface area contributed by atoms with Crippen LogP contribution in [0.25, 0.3) is 33.3 Å². The lowest BCUT2D eigenvalue weighted by Gasteiger charge is -2.45. The first-order valence-corrected chi connectivity index (χ1v) is 24.9. The molecule has 2 saturated heterocycles. The van der Waals surface area contributed by atoms with E-state index in [1.807, 2.05) is 32.9 Å². The number of likely N-dealkylation sites (N-methyl/N-ethyl adjacent to an activating group) is 1. The molecule has 2 aromatic carbocycles. The average molecular weight is 918 g/mol. The Bertz CT molecular complexity index is 2480.